The van der Waals surface area contributed by atoms with Crippen molar-refractivity contribution >= 4 is 0 Å². The first-order chi connectivity index (χ1) is 4.16. The van der Waals surface area contributed by atoms with Crippen molar-refractivity contribution in [3.63, 3.8) is 0 Å². The second-order valence-corrected chi connectivity index (χ2v) is 2.10. The van der Waals surface area contributed by atoms with Crippen LogP contribution in [0.4, 0.5) is 0 Å². The van der Waals surface area contributed by atoms with Crippen LogP contribution in [0.5, 0.6) is 0 Å². The monoisotopic (exact) mass is 135 g/mol. The van der Waals surface area contributed by atoms with E-state index in [1.165, 1.54) is 0 Å². The molecule has 0 spiro atoms. The normalized spacial score (nSPS) is 17.3. The average molecular weight is 135 g/mol. The SMILES string of the molecule is CC(O)CC(O)CNO. The topological polar surface area (TPSA) is 72.7 Å². The zero-order valence-electron chi connectivity index (χ0n) is 5.41. The van der Waals surface area contributed by atoms with E-state index in [4.69, 9.17) is 15.4 Å². The van der Waals surface area contributed by atoms with Crippen LogP contribution in [0.25, 0.3) is 0 Å². The third-order valence-corrected chi connectivity index (χ3v) is 0.940. The van der Waals surface area contributed by atoms with Crippen molar-refractivity contribution in [1.29, 1.82) is 0 Å². The molecule has 0 amide bonds. The molecule has 0 saturated heterocycles. The Labute approximate surface area is 54.1 Å². The molecule has 2 atom stereocenters. The summed E-state index contributed by atoms with van der Waals surface area (Å²) in [5.41, 5.74) is 1.81. The molecule has 56 valence electrons. The van der Waals surface area contributed by atoms with Gasteiger partial charge in [-0.1, -0.05) is 0 Å². The Bertz CT molecular complexity index is 67.2. The molecular formula is C5H13NO3. The van der Waals surface area contributed by atoms with Gasteiger partial charge in [-0.3, -0.25) is 0 Å². The van der Waals surface area contributed by atoms with Crippen molar-refractivity contribution in [2.24, 2.45) is 0 Å². The standard InChI is InChI=1S/C5H13NO3/c1-4(7)2-5(8)3-6-9/h4-9H,2-3H2,1H3. The summed E-state index contributed by atoms with van der Waals surface area (Å²) in [5.74, 6) is 0. The molecule has 0 aromatic carbocycles. The second-order valence-electron chi connectivity index (χ2n) is 2.10. The number of hydroxylamine groups is 1. The Balaban J connectivity index is 3.15. The Morgan fingerprint density at radius 2 is 2.00 bits per heavy atom. The molecule has 4 heteroatoms. The van der Waals surface area contributed by atoms with Crippen LogP contribution in [0.15, 0.2) is 0 Å². The summed E-state index contributed by atoms with van der Waals surface area (Å²) in [6, 6.07) is 0. The molecule has 0 aromatic rings. The highest BCUT2D eigenvalue weighted by atomic mass is 16.5. The van der Waals surface area contributed by atoms with Gasteiger partial charge in [-0.05, 0) is 6.92 Å². The summed E-state index contributed by atoms with van der Waals surface area (Å²) in [7, 11) is 0. The lowest BCUT2D eigenvalue weighted by Gasteiger charge is -2.09. The van der Waals surface area contributed by atoms with Gasteiger partial charge in [0.1, 0.15) is 0 Å². The highest BCUT2D eigenvalue weighted by Gasteiger charge is 2.05. The molecule has 0 aliphatic heterocycles. The lowest BCUT2D eigenvalue weighted by Crippen LogP contribution is -2.26. The van der Waals surface area contributed by atoms with Crippen LogP contribution >= 0.6 is 0 Å². The van der Waals surface area contributed by atoms with Gasteiger partial charge >= 0.3 is 0 Å². The molecule has 4 N–H and O–H groups in total. The highest BCUT2D eigenvalue weighted by molar-refractivity contribution is 4.59. The fourth-order valence-electron chi connectivity index (χ4n) is 0.582. The molecule has 0 saturated carbocycles. The van der Waals surface area contributed by atoms with Crippen LogP contribution < -0.4 is 5.48 Å². The number of rotatable bonds is 4. The first kappa shape index (κ1) is 8.84. The van der Waals surface area contributed by atoms with Crippen LogP contribution in [0, 0.1) is 0 Å². The number of hydrogen-bond acceptors (Lipinski definition) is 4. The molecule has 4 nitrogen and oxygen atoms in total. The number of nitrogens with one attached hydrogen (secondary N) is 1. The smallest absolute Gasteiger partial charge is 0.0712 e. The Morgan fingerprint density at radius 1 is 1.44 bits per heavy atom. The van der Waals surface area contributed by atoms with Gasteiger partial charge in [-0.25, -0.2) is 5.48 Å². The maximum absolute atomic E-state index is 8.84. The van der Waals surface area contributed by atoms with Gasteiger partial charge in [-0.2, -0.15) is 0 Å². The maximum atomic E-state index is 8.84. The summed E-state index contributed by atoms with van der Waals surface area (Å²) in [6.07, 6.45) is -0.906. The molecule has 0 fully saturated rings. The van der Waals surface area contributed by atoms with E-state index in [0.29, 0.717) is 0 Å². The Morgan fingerprint density at radius 3 is 2.33 bits per heavy atom. The first-order valence-corrected chi connectivity index (χ1v) is 2.90. The van der Waals surface area contributed by atoms with E-state index in [1.807, 2.05) is 5.48 Å². The number of hydrogen-bond donors (Lipinski definition) is 4. The zero-order valence-corrected chi connectivity index (χ0v) is 5.41. The van der Waals surface area contributed by atoms with E-state index in [9.17, 15) is 0 Å². The van der Waals surface area contributed by atoms with Crippen molar-refractivity contribution in [1.82, 2.24) is 5.48 Å². The van der Waals surface area contributed by atoms with Gasteiger partial charge in [-0.15, -0.1) is 0 Å². The van der Waals surface area contributed by atoms with Crippen molar-refractivity contribution in [2.75, 3.05) is 6.54 Å². The van der Waals surface area contributed by atoms with Gasteiger partial charge in [0, 0.05) is 13.0 Å². The minimum atomic E-state index is -0.671. The zero-order chi connectivity index (χ0) is 7.28. The molecule has 0 radical (unpaired) electrons. The molecule has 0 heterocycles. The Hall–Kier alpha value is -0.160. The van der Waals surface area contributed by atoms with Gasteiger partial charge in [0.15, 0.2) is 0 Å². The largest absolute Gasteiger partial charge is 0.393 e. The quantitative estimate of drug-likeness (QED) is 0.377. The van der Waals surface area contributed by atoms with Crippen LogP contribution in [0.3, 0.4) is 0 Å². The van der Waals surface area contributed by atoms with Crippen LogP contribution in [-0.4, -0.2) is 34.2 Å². The summed E-state index contributed by atoms with van der Waals surface area (Å²) in [6.45, 7) is 1.69. The van der Waals surface area contributed by atoms with E-state index in [0.717, 1.165) is 0 Å². The summed E-state index contributed by atoms with van der Waals surface area (Å²) in [5, 5.41) is 25.6. The molecule has 0 rings (SSSR count). The Kier molecular flexibility index (Phi) is 4.61. The van der Waals surface area contributed by atoms with Crippen LogP contribution in [-0.2, 0) is 0 Å². The van der Waals surface area contributed by atoms with Crippen molar-refractivity contribution < 1.29 is 15.4 Å². The van der Waals surface area contributed by atoms with Crippen molar-refractivity contribution in [3.05, 3.63) is 0 Å². The van der Waals surface area contributed by atoms with Crippen molar-refractivity contribution in [2.45, 2.75) is 25.6 Å². The van der Waals surface area contributed by atoms with Crippen LogP contribution in [0.1, 0.15) is 13.3 Å². The van der Waals surface area contributed by atoms with E-state index >= 15 is 0 Å². The predicted molar refractivity (Wildman–Crippen MR) is 32.1 cm³/mol. The molecule has 0 aliphatic rings. The van der Waals surface area contributed by atoms with Crippen LogP contribution in [0.2, 0.25) is 0 Å². The minimum Gasteiger partial charge on any atom is -0.393 e. The molecule has 0 bridgehead atoms. The lowest BCUT2D eigenvalue weighted by molar-refractivity contribution is 0.0550. The first-order valence-electron chi connectivity index (χ1n) is 2.90. The molecule has 9 heavy (non-hydrogen) atoms. The second kappa shape index (κ2) is 4.69. The highest BCUT2D eigenvalue weighted by Crippen LogP contribution is 1.94. The molecule has 0 aromatic heterocycles. The van der Waals surface area contributed by atoms with Gasteiger partial charge in [0.25, 0.3) is 0 Å². The average Bonchev–Trinajstić information content (AvgIpc) is 1.63. The van der Waals surface area contributed by atoms with E-state index < -0.39 is 12.2 Å². The van der Waals surface area contributed by atoms with Gasteiger partial charge < -0.3 is 15.4 Å². The summed E-state index contributed by atoms with van der Waals surface area (Å²) < 4.78 is 0. The van der Waals surface area contributed by atoms with E-state index in [1.54, 1.807) is 6.92 Å². The van der Waals surface area contributed by atoms with Gasteiger partial charge in [0.2, 0.25) is 0 Å². The fraction of sp³-hybridized carbons (Fsp3) is 1.00. The lowest BCUT2D eigenvalue weighted by atomic mass is 10.2. The number of aliphatic hydroxyl groups excluding tert-OH is 2. The number of aliphatic hydroxyl groups is 2. The van der Waals surface area contributed by atoms with Gasteiger partial charge in [0.05, 0.1) is 12.2 Å². The van der Waals surface area contributed by atoms with E-state index in [-0.39, 0.29) is 13.0 Å². The fourth-order valence-corrected chi connectivity index (χ4v) is 0.582. The van der Waals surface area contributed by atoms with E-state index in [2.05, 4.69) is 0 Å². The molecule has 0 aliphatic carbocycles. The predicted octanol–water partition coefficient (Wildman–Crippen LogP) is -0.903. The summed E-state index contributed by atoms with van der Waals surface area (Å²) >= 11 is 0. The molecular weight excluding hydrogens is 122 g/mol. The summed E-state index contributed by atoms with van der Waals surface area (Å²) in [4.78, 5) is 0. The third-order valence-electron chi connectivity index (χ3n) is 0.940. The maximum Gasteiger partial charge on any atom is 0.0712 e. The third kappa shape index (κ3) is 5.72. The minimum absolute atomic E-state index is 0.102. The molecule has 2 unspecified atom stereocenters. The van der Waals surface area contributed by atoms with Crippen molar-refractivity contribution in [3.8, 4) is 0 Å².